The summed E-state index contributed by atoms with van der Waals surface area (Å²) < 4.78 is 30.8. The summed E-state index contributed by atoms with van der Waals surface area (Å²) in [6, 6.07) is 4.04. The Labute approximate surface area is 179 Å². The van der Waals surface area contributed by atoms with Crippen molar-refractivity contribution in [3.8, 4) is 0 Å². The standard InChI is InChI=1S/C21H27ClFN3O2S/c1-21(2,3)29(28)25-18-8-6-5-7-14-15(18)12-26(4)19(14)20(27)24-13-9-10-17(23)16(22)11-13/h9-12,18,25H,5-8H2,1-4H3,(H,24,27)/t18-,29?/m1/s1. The highest BCUT2D eigenvalue weighted by molar-refractivity contribution is 7.90. The molecule has 0 fully saturated rings. The molecule has 158 valence electrons. The lowest BCUT2D eigenvalue weighted by atomic mass is 10.0. The van der Waals surface area contributed by atoms with Crippen LogP contribution < -0.4 is 10.0 Å². The van der Waals surface area contributed by atoms with Crippen molar-refractivity contribution in [1.82, 2.24) is 9.29 Å². The lowest BCUT2D eigenvalue weighted by Crippen LogP contribution is -2.41. The lowest BCUT2D eigenvalue weighted by molar-refractivity contribution is 0.101. The van der Waals surface area contributed by atoms with Crippen LogP contribution in [-0.4, -0.2) is 19.8 Å². The third-order valence-electron chi connectivity index (χ3n) is 5.06. The number of carbonyl (C=O) groups is 1. The molecule has 1 aliphatic rings. The van der Waals surface area contributed by atoms with Crippen LogP contribution in [0.25, 0.3) is 0 Å². The molecule has 2 atom stereocenters. The monoisotopic (exact) mass is 439 g/mol. The Hall–Kier alpha value is -1.54. The van der Waals surface area contributed by atoms with Gasteiger partial charge in [0.05, 0.1) is 11.1 Å². The average molecular weight is 440 g/mol. The third-order valence-corrected chi connectivity index (χ3v) is 6.96. The lowest BCUT2D eigenvalue weighted by Gasteiger charge is -2.27. The maximum atomic E-state index is 13.4. The molecule has 2 aromatic rings. The molecule has 8 heteroatoms. The molecule has 1 unspecified atom stereocenters. The number of benzene rings is 1. The largest absolute Gasteiger partial charge is 0.598 e. The van der Waals surface area contributed by atoms with Crippen molar-refractivity contribution in [3.05, 3.63) is 52.1 Å². The molecule has 0 saturated carbocycles. The van der Waals surface area contributed by atoms with Crippen LogP contribution in [-0.2, 0) is 24.8 Å². The second-order valence-electron chi connectivity index (χ2n) is 8.40. The fourth-order valence-electron chi connectivity index (χ4n) is 3.56. The minimum absolute atomic E-state index is 0.0394. The molecule has 0 aliphatic heterocycles. The molecule has 29 heavy (non-hydrogen) atoms. The van der Waals surface area contributed by atoms with Gasteiger partial charge in [0.25, 0.3) is 5.91 Å². The van der Waals surface area contributed by atoms with Gasteiger partial charge >= 0.3 is 0 Å². The summed E-state index contributed by atoms with van der Waals surface area (Å²) in [6.45, 7) is 5.81. The molecular weight excluding hydrogens is 413 g/mol. The first kappa shape index (κ1) is 22.2. The number of carbonyl (C=O) groups excluding carboxylic acids is 1. The Morgan fingerprint density at radius 3 is 2.72 bits per heavy atom. The summed E-state index contributed by atoms with van der Waals surface area (Å²) in [5.41, 5.74) is 2.99. The van der Waals surface area contributed by atoms with E-state index in [-0.39, 0.29) is 21.7 Å². The van der Waals surface area contributed by atoms with Crippen molar-refractivity contribution >= 4 is 34.6 Å². The molecule has 1 aromatic heterocycles. The van der Waals surface area contributed by atoms with E-state index < -0.39 is 17.2 Å². The van der Waals surface area contributed by atoms with Crippen molar-refractivity contribution in [2.45, 2.75) is 57.2 Å². The quantitative estimate of drug-likeness (QED) is 0.526. The minimum Gasteiger partial charge on any atom is -0.598 e. The second kappa shape index (κ2) is 8.68. The van der Waals surface area contributed by atoms with Crippen molar-refractivity contribution < 1.29 is 13.7 Å². The zero-order chi connectivity index (χ0) is 21.3. The van der Waals surface area contributed by atoms with Gasteiger partial charge in [0, 0.05) is 30.3 Å². The van der Waals surface area contributed by atoms with Crippen LogP contribution in [0.5, 0.6) is 0 Å². The summed E-state index contributed by atoms with van der Waals surface area (Å²) in [4.78, 5) is 13.0. The van der Waals surface area contributed by atoms with Crippen LogP contribution in [0.4, 0.5) is 10.1 Å². The molecule has 1 heterocycles. The van der Waals surface area contributed by atoms with Crippen molar-refractivity contribution in [2.75, 3.05) is 5.32 Å². The molecule has 0 radical (unpaired) electrons. The first-order chi connectivity index (χ1) is 13.6. The zero-order valence-electron chi connectivity index (χ0n) is 17.1. The number of nitrogens with zero attached hydrogens (tertiary/aromatic N) is 1. The Balaban J connectivity index is 1.89. The fraction of sp³-hybridized carbons (Fsp3) is 0.476. The predicted octanol–water partition coefficient (Wildman–Crippen LogP) is 4.89. The van der Waals surface area contributed by atoms with E-state index in [2.05, 4.69) is 10.0 Å². The van der Waals surface area contributed by atoms with Gasteiger partial charge in [0.1, 0.15) is 16.3 Å². The Kier molecular flexibility index (Phi) is 6.63. The van der Waals surface area contributed by atoms with Crippen molar-refractivity contribution in [1.29, 1.82) is 0 Å². The molecule has 2 N–H and O–H groups in total. The van der Waals surface area contributed by atoms with E-state index in [0.717, 1.165) is 36.8 Å². The van der Waals surface area contributed by atoms with E-state index in [9.17, 15) is 13.7 Å². The normalized spacial score (nSPS) is 18.1. The molecule has 1 amide bonds. The number of hydrogen-bond acceptors (Lipinski definition) is 3. The number of aromatic nitrogens is 1. The van der Waals surface area contributed by atoms with Gasteiger partial charge < -0.3 is 14.4 Å². The topological polar surface area (TPSA) is 69.1 Å². The first-order valence-corrected chi connectivity index (χ1v) is 11.2. The fourth-order valence-corrected chi connectivity index (χ4v) is 4.60. The molecule has 3 rings (SSSR count). The van der Waals surface area contributed by atoms with Gasteiger partial charge in [0.15, 0.2) is 0 Å². The van der Waals surface area contributed by atoms with E-state index >= 15 is 0 Å². The van der Waals surface area contributed by atoms with Gasteiger partial charge in [-0.2, -0.15) is 0 Å². The number of nitrogens with one attached hydrogen (secondary N) is 2. The molecule has 1 aromatic carbocycles. The second-order valence-corrected chi connectivity index (χ2v) is 10.8. The summed E-state index contributed by atoms with van der Waals surface area (Å²) in [7, 11) is 1.83. The molecule has 1 aliphatic carbocycles. The zero-order valence-corrected chi connectivity index (χ0v) is 18.7. The smallest absolute Gasteiger partial charge is 0.272 e. The Bertz CT molecular complexity index is 910. The summed E-state index contributed by atoms with van der Waals surface area (Å²) in [5.74, 6) is -0.799. The highest BCUT2D eigenvalue weighted by atomic mass is 35.5. The number of amides is 1. The van der Waals surface area contributed by atoms with E-state index in [1.807, 2.05) is 38.6 Å². The summed E-state index contributed by atoms with van der Waals surface area (Å²) >= 11 is 4.62. The number of fused-ring (bicyclic) bond motifs is 1. The number of anilines is 1. The van der Waals surface area contributed by atoms with Gasteiger partial charge in [-0.1, -0.05) is 18.0 Å². The van der Waals surface area contributed by atoms with Crippen LogP contribution in [0.1, 0.15) is 67.7 Å². The maximum absolute atomic E-state index is 13.4. The van der Waals surface area contributed by atoms with E-state index in [1.54, 1.807) is 0 Å². The Morgan fingerprint density at radius 2 is 2.07 bits per heavy atom. The number of aryl methyl sites for hydroxylation is 1. The van der Waals surface area contributed by atoms with E-state index in [1.165, 1.54) is 18.2 Å². The summed E-state index contributed by atoms with van der Waals surface area (Å²) in [6.07, 6.45) is 5.55. The highest BCUT2D eigenvalue weighted by Crippen LogP contribution is 2.34. The van der Waals surface area contributed by atoms with Gasteiger partial charge in [0.2, 0.25) is 0 Å². The van der Waals surface area contributed by atoms with Crippen LogP contribution in [0.15, 0.2) is 24.4 Å². The van der Waals surface area contributed by atoms with Crippen LogP contribution in [0, 0.1) is 5.82 Å². The van der Waals surface area contributed by atoms with Crippen LogP contribution >= 0.6 is 11.6 Å². The number of hydrogen-bond donors (Lipinski definition) is 2. The van der Waals surface area contributed by atoms with Gasteiger partial charge in [-0.3, -0.25) is 4.79 Å². The average Bonchev–Trinajstić information content (AvgIpc) is 2.84. The molecule has 5 nitrogen and oxygen atoms in total. The van der Waals surface area contributed by atoms with Crippen molar-refractivity contribution in [3.63, 3.8) is 0 Å². The molecule has 0 spiro atoms. The number of halogens is 2. The minimum atomic E-state index is -1.20. The predicted molar refractivity (Wildman–Crippen MR) is 116 cm³/mol. The van der Waals surface area contributed by atoms with Gasteiger partial charge in [-0.15, -0.1) is 4.72 Å². The molecule has 0 bridgehead atoms. The van der Waals surface area contributed by atoms with Crippen LogP contribution in [0.3, 0.4) is 0 Å². The first-order valence-electron chi connectivity index (χ1n) is 9.70. The van der Waals surface area contributed by atoms with E-state index in [0.29, 0.717) is 11.4 Å². The van der Waals surface area contributed by atoms with Gasteiger partial charge in [-0.25, -0.2) is 4.39 Å². The maximum Gasteiger partial charge on any atom is 0.272 e. The van der Waals surface area contributed by atoms with Gasteiger partial charge in [-0.05, 0) is 69.4 Å². The van der Waals surface area contributed by atoms with Crippen LogP contribution in [0.2, 0.25) is 5.02 Å². The van der Waals surface area contributed by atoms with E-state index in [4.69, 9.17) is 11.6 Å². The highest BCUT2D eigenvalue weighted by Gasteiger charge is 2.33. The number of rotatable bonds is 4. The molecule has 0 saturated heterocycles. The summed E-state index contributed by atoms with van der Waals surface area (Å²) in [5, 5.41) is 2.77. The molecular formula is C21H27ClFN3O2S. The van der Waals surface area contributed by atoms with Crippen molar-refractivity contribution in [2.24, 2.45) is 7.05 Å². The SMILES string of the molecule is Cn1cc2c(c1C(=O)Nc1ccc(F)c(Cl)c1)CCCC[C@H]2N[S+]([O-])C(C)(C)C. The Morgan fingerprint density at radius 1 is 1.34 bits per heavy atom. The third kappa shape index (κ3) is 4.97.